The molecule has 0 aromatic rings. The molecule has 1 aliphatic carbocycles. The first-order chi connectivity index (χ1) is 6.57. The lowest BCUT2D eigenvalue weighted by Crippen LogP contribution is -2.32. The van der Waals surface area contributed by atoms with E-state index in [9.17, 15) is 0 Å². The van der Waals surface area contributed by atoms with Crippen molar-refractivity contribution in [3.8, 4) is 0 Å². The molecule has 80 valence electrons. The van der Waals surface area contributed by atoms with Crippen LogP contribution in [0.1, 0.15) is 33.1 Å². The van der Waals surface area contributed by atoms with Crippen molar-refractivity contribution in [1.82, 2.24) is 0 Å². The van der Waals surface area contributed by atoms with E-state index < -0.39 is 0 Å². The van der Waals surface area contributed by atoms with Gasteiger partial charge in [0.2, 0.25) is 0 Å². The summed E-state index contributed by atoms with van der Waals surface area (Å²) in [5.74, 6) is 0.653. The van der Waals surface area contributed by atoms with Crippen LogP contribution in [0, 0.1) is 11.3 Å². The van der Waals surface area contributed by atoms with Crippen LogP contribution in [0.3, 0.4) is 0 Å². The van der Waals surface area contributed by atoms with E-state index in [1.807, 2.05) is 0 Å². The molecule has 0 bridgehead atoms. The van der Waals surface area contributed by atoms with E-state index in [0.29, 0.717) is 11.3 Å². The molecule has 14 heavy (non-hydrogen) atoms. The minimum atomic E-state index is 0.259. The normalized spacial score (nSPS) is 36.9. The average molecular weight is 195 g/mol. The van der Waals surface area contributed by atoms with E-state index >= 15 is 0 Å². The molecule has 2 atom stereocenters. The van der Waals surface area contributed by atoms with Gasteiger partial charge in [0.05, 0.1) is 6.61 Å². The van der Waals surface area contributed by atoms with Crippen molar-refractivity contribution < 1.29 is 4.74 Å². The first-order valence-corrected chi connectivity index (χ1v) is 5.61. The van der Waals surface area contributed by atoms with Crippen LogP contribution in [0.25, 0.3) is 0 Å². The summed E-state index contributed by atoms with van der Waals surface area (Å²) >= 11 is 0. The largest absolute Gasteiger partial charge is 0.381 e. The van der Waals surface area contributed by atoms with Crippen molar-refractivity contribution in [2.24, 2.45) is 17.1 Å². The van der Waals surface area contributed by atoms with Crippen LogP contribution in [-0.4, -0.2) is 19.3 Å². The van der Waals surface area contributed by atoms with Gasteiger partial charge in [-0.2, -0.15) is 0 Å². The summed E-state index contributed by atoms with van der Waals surface area (Å²) in [4.78, 5) is 0. The van der Waals surface area contributed by atoms with Gasteiger partial charge in [0, 0.05) is 18.6 Å². The molecule has 0 saturated carbocycles. The Morgan fingerprint density at radius 1 is 1.50 bits per heavy atom. The second kappa shape index (κ2) is 3.67. The number of ether oxygens (including phenoxy) is 1. The molecule has 2 nitrogen and oxygen atoms in total. The predicted molar refractivity (Wildman–Crippen MR) is 58.0 cm³/mol. The third-order valence-electron chi connectivity index (χ3n) is 3.35. The summed E-state index contributed by atoms with van der Waals surface area (Å²) in [7, 11) is 0. The van der Waals surface area contributed by atoms with E-state index in [1.54, 1.807) is 5.57 Å². The van der Waals surface area contributed by atoms with Crippen molar-refractivity contribution in [3.05, 3.63) is 11.6 Å². The number of hydrogen-bond donors (Lipinski definition) is 1. The Morgan fingerprint density at radius 3 is 2.86 bits per heavy atom. The fourth-order valence-corrected chi connectivity index (χ4v) is 2.76. The van der Waals surface area contributed by atoms with E-state index in [-0.39, 0.29) is 6.04 Å². The van der Waals surface area contributed by atoms with E-state index in [4.69, 9.17) is 10.5 Å². The fourth-order valence-electron chi connectivity index (χ4n) is 2.76. The zero-order valence-corrected chi connectivity index (χ0v) is 9.25. The van der Waals surface area contributed by atoms with Crippen LogP contribution in [-0.2, 0) is 4.74 Å². The number of nitrogens with two attached hydrogens (primary N) is 1. The lowest BCUT2D eigenvalue weighted by Gasteiger charge is -2.35. The molecule has 1 aliphatic heterocycles. The summed E-state index contributed by atoms with van der Waals surface area (Å²) in [6.45, 7) is 6.47. The maximum absolute atomic E-state index is 6.05. The first-order valence-electron chi connectivity index (χ1n) is 5.61. The second-order valence-electron chi connectivity index (χ2n) is 5.51. The standard InChI is InChI=1S/C12H21NO/c1-12(2)6-10(5-11(13)7-12)9-3-4-14-8-9/h5,9,11H,3-4,6-8,13H2,1-2H3. The van der Waals surface area contributed by atoms with Crippen LogP contribution in [0.4, 0.5) is 0 Å². The molecular formula is C12H21NO. The van der Waals surface area contributed by atoms with Gasteiger partial charge in [0.1, 0.15) is 0 Å². The zero-order chi connectivity index (χ0) is 10.2. The van der Waals surface area contributed by atoms with Crippen LogP contribution in [0.15, 0.2) is 11.6 Å². The van der Waals surface area contributed by atoms with Gasteiger partial charge in [-0.1, -0.05) is 25.5 Å². The average Bonchev–Trinajstić information content (AvgIpc) is 2.51. The molecular weight excluding hydrogens is 174 g/mol. The van der Waals surface area contributed by atoms with Gasteiger partial charge in [-0.15, -0.1) is 0 Å². The summed E-state index contributed by atoms with van der Waals surface area (Å²) in [6, 6.07) is 0.259. The Labute approximate surface area is 86.5 Å². The summed E-state index contributed by atoms with van der Waals surface area (Å²) in [5, 5.41) is 0. The van der Waals surface area contributed by atoms with Gasteiger partial charge in [-0.25, -0.2) is 0 Å². The van der Waals surface area contributed by atoms with Crippen LogP contribution >= 0.6 is 0 Å². The molecule has 2 aliphatic rings. The van der Waals surface area contributed by atoms with Crippen molar-refractivity contribution >= 4 is 0 Å². The maximum atomic E-state index is 6.05. The van der Waals surface area contributed by atoms with Crippen molar-refractivity contribution in [1.29, 1.82) is 0 Å². The lowest BCUT2D eigenvalue weighted by atomic mass is 9.72. The molecule has 0 radical (unpaired) electrons. The third kappa shape index (κ3) is 2.18. The highest BCUT2D eigenvalue weighted by molar-refractivity contribution is 5.17. The van der Waals surface area contributed by atoms with E-state index in [0.717, 1.165) is 19.6 Å². The molecule has 1 heterocycles. The molecule has 2 unspecified atom stereocenters. The lowest BCUT2D eigenvalue weighted by molar-refractivity contribution is 0.187. The minimum Gasteiger partial charge on any atom is -0.381 e. The zero-order valence-electron chi connectivity index (χ0n) is 9.25. The Morgan fingerprint density at radius 2 is 2.29 bits per heavy atom. The number of rotatable bonds is 1. The quantitative estimate of drug-likeness (QED) is 0.650. The highest BCUT2D eigenvalue weighted by Gasteiger charge is 2.31. The maximum Gasteiger partial charge on any atom is 0.0532 e. The summed E-state index contributed by atoms with van der Waals surface area (Å²) < 4.78 is 5.43. The highest BCUT2D eigenvalue weighted by atomic mass is 16.5. The Bertz CT molecular complexity index is 239. The molecule has 0 aromatic carbocycles. The van der Waals surface area contributed by atoms with Gasteiger partial charge in [-0.3, -0.25) is 0 Å². The molecule has 1 saturated heterocycles. The van der Waals surface area contributed by atoms with Gasteiger partial charge in [-0.05, 0) is 24.7 Å². The van der Waals surface area contributed by atoms with E-state index in [1.165, 1.54) is 12.8 Å². The summed E-state index contributed by atoms with van der Waals surface area (Å²) in [6.07, 6.45) is 5.79. The minimum absolute atomic E-state index is 0.259. The summed E-state index contributed by atoms with van der Waals surface area (Å²) in [5.41, 5.74) is 7.98. The SMILES string of the molecule is CC1(C)CC(C2CCOC2)=CC(N)C1. The monoisotopic (exact) mass is 195 g/mol. The second-order valence-corrected chi connectivity index (χ2v) is 5.51. The van der Waals surface area contributed by atoms with Gasteiger partial charge in [0.15, 0.2) is 0 Å². The Balaban J connectivity index is 2.10. The highest BCUT2D eigenvalue weighted by Crippen LogP contribution is 2.39. The smallest absolute Gasteiger partial charge is 0.0532 e. The van der Waals surface area contributed by atoms with Crippen molar-refractivity contribution in [3.63, 3.8) is 0 Å². The molecule has 2 heteroatoms. The first kappa shape index (κ1) is 10.2. The molecule has 0 aromatic heterocycles. The van der Waals surface area contributed by atoms with Crippen LogP contribution in [0.2, 0.25) is 0 Å². The predicted octanol–water partition coefficient (Wildman–Crippen LogP) is 2.10. The van der Waals surface area contributed by atoms with Crippen LogP contribution in [0.5, 0.6) is 0 Å². The van der Waals surface area contributed by atoms with Crippen molar-refractivity contribution in [2.45, 2.75) is 39.2 Å². The van der Waals surface area contributed by atoms with Gasteiger partial charge >= 0.3 is 0 Å². The molecule has 2 rings (SSSR count). The van der Waals surface area contributed by atoms with Gasteiger partial charge < -0.3 is 10.5 Å². The molecule has 0 amide bonds. The van der Waals surface area contributed by atoms with Crippen molar-refractivity contribution in [2.75, 3.05) is 13.2 Å². The van der Waals surface area contributed by atoms with Crippen LogP contribution < -0.4 is 5.73 Å². The van der Waals surface area contributed by atoms with Gasteiger partial charge in [0.25, 0.3) is 0 Å². The third-order valence-corrected chi connectivity index (χ3v) is 3.35. The van der Waals surface area contributed by atoms with E-state index in [2.05, 4.69) is 19.9 Å². The molecule has 1 fully saturated rings. The Kier molecular flexibility index (Phi) is 2.67. The number of hydrogen-bond acceptors (Lipinski definition) is 2. The Hall–Kier alpha value is -0.340. The topological polar surface area (TPSA) is 35.2 Å². The fraction of sp³-hybridized carbons (Fsp3) is 0.833. The molecule has 2 N–H and O–H groups in total. The molecule has 0 spiro atoms.